The maximum Gasteiger partial charge on any atom is 0.0896 e. The van der Waals surface area contributed by atoms with Crippen molar-refractivity contribution in [2.24, 2.45) is 5.92 Å². The average molecular weight is 140 g/mol. The largest absolute Gasteiger partial charge is 0.366 e. The number of hydrogen-bond acceptors (Lipinski definition) is 1. The highest BCUT2D eigenvalue weighted by Crippen LogP contribution is 2.46. The molecule has 1 aliphatic carbocycles. The first-order valence-corrected chi connectivity index (χ1v) is 4.38. The van der Waals surface area contributed by atoms with Crippen molar-refractivity contribution in [3.8, 4) is 0 Å². The topological polar surface area (TPSA) is 12.5 Å². The van der Waals surface area contributed by atoms with E-state index in [2.05, 4.69) is 13.8 Å². The fourth-order valence-electron chi connectivity index (χ4n) is 2.22. The van der Waals surface area contributed by atoms with Gasteiger partial charge in [-0.05, 0) is 32.6 Å². The molecule has 10 heavy (non-hydrogen) atoms. The van der Waals surface area contributed by atoms with Gasteiger partial charge in [-0.3, -0.25) is 0 Å². The molecule has 1 aliphatic heterocycles. The smallest absolute Gasteiger partial charge is 0.0896 e. The van der Waals surface area contributed by atoms with Crippen LogP contribution in [-0.2, 0) is 4.74 Å². The Hall–Kier alpha value is -0.0400. The summed E-state index contributed by atoms with van der Waals surface area (Å²) in [5.74, 6) is 0.898. The highest BCUT2D eigenvalue weighted by Gasteiger charge is 2.52. The Kier molecular flexibility index (Phi) is 1.31. The molecule has 1 atom stereocenters. The zero-order chi connectivity index (χ0) is 7.19. The molecule has 0 aromatic heterocycles. The van der Waals surface area contributed by atoms with Crippen LogP contribution in [0.3, 0.4) is 0 Å². The van der Waals surface area contributed by atoms with Crippen molar-refractivity contribution in [1.29, 1.82) is 0 Å². The Balaban J connectivity index is 1.90. The maximum absolute atomic E-state index is 5.59. The van der Waals surface area contributed by atoms with E-state index < -0.39 is 0 Å². The molecule has 1 heterocycles. The minimum atomic E-state index is 0.231. The lowest BCUT2D eigenvalue weighted by Gasteiger charge is -2.04. The van der Waals surface area contributed by atoms with Gasteiger partial charge in [-0.1, -0.05) is 12.8 Å². The SMILES string of the molecule is CC1(C)OC1C1CCCC1. The van der Waals surface area contributed by atoms with Gasteiger partial charge in [0.15, 0.2) is 0 Å². The Labute approximate surface area is 62.8 Å². The van der Waals surface area contributed by atoms with E-state index >= 15 is 0 Å². The van der Waals surface area contributed by atoms with Gasteiger partial charge in [0.2, 0.25) is 0 Å². The highest BCUT2D eigenvalue weighted by molar-refractivity contribution is 4.99. The van der Waals surface area contributed by atoms with Crippen LogP contribution >= 0.6 is 0 Å². The summed E-state index contributed by atoms with van der Waals surface area (Å²) in [6, 6.07) is 0. The van der Waals surface area contributed by atoms with Crippen LogP contribution in [0.25, 0.3) is 0 Å². The number of hydrogen-bond donors (Lipinski definition) is 0. The molecular weight excluding hydrogens is 124 g/mol. The molecule has 1 saturated heterocycles. The van der Waals surface area contributed by atoms with Crippen LogP contribution in [0.2, 0.25) is 0 Å². The fourth-order valence-corrected chi connectivity index (χ4v) is 2.22. The molecule has 0 aromatic carbocycles. The molecule has 2 aliphatic rings. The summed E-state index contributed by atoms with van der Waals surface area (Å²) in [5.41, 5.74) is 0.231. The van der Waals surface area contributed by atoms with Crippen LogP contribution in [-0.4, -0.2) is 11.7 Å². The Morgan fingerprint density at radius 3 is 2.10 bits per heavy atom. The van der Waals surface area contributed by atoms with Crippen molar-refractivity contribution in [1.82, 2.24) is 0 Å². The van der Waals surface area contributed by atoms with Crippen LogP contribution in [0.4, 0.5) is 0 Å². The van der Waals surface area contributed by atoms with E-state index in [1.54, 1.807) is 0 Å². The van der Waals surface area contributed by atoms with Crippen LogP contribution in [0.15, 0.2) is 0 Å². The summed E-state index contributed by atoms with van der Waals surface area (Å²) >= 11 is 0. The standard InChI is InChI=1S/C9H16O/c1-9(2)8(10-9)7-5-3-4-6-7/h7-8H,3-6H2,1-2H3. The molecule has 0 bridgehead atoms. The van der Waals surface area contributed by atoms with E-state index in [4.69, 9.17) is 4.74 Å². The molecule has 1 nitrogen and oxygen atoms in total. The zero-order valence-corrected chi connectivity index (χ0v) is 6.89. The molecule has 1 unspecified atom stereocenters. The van der Waals surface area contributed by atoms with Crippen molar-refractivity contribution in [2.45, 2.75) is 51.2 Å². The molecule has 0 aromatic rings. The summed E-state index contributed by atoms with van der Waals surface area (Å²) in [7, 11) is 0. The van der Waals surface area contributed by atoms with Gasteiger partial charge in [-0.2, -0.15) is 0 Å². The monoisotopic (exact) mass is 140 g/mol. The van der Waals surface area contributed by atoms with E-state index in [0.29, 0.717) is 6.10 Å². The molecule has 1 heteroatoms. The lowest BCUT2D eigenvalue weighted by Crippen LogP contribution is -2.11. The molecule has 2 fully saturated rings. The Bertz CT molecular complexity index is 131. The molecule has 0 amide bonds. The molecule has 0 radical (unpaired) electrons. The van der Waals surface area contributed by atoms with E-state index in [1.807, 2.05) is 0 Å². The summed E-state index contributed by atoms with van der Waals surface area (Å²) < 4.78 is 5.59. The van der Waals surface area contributed by atoms with Crippen LogP contribution in [0, 0.1) is 5.92 Å². The third-order valence-corrected chi connectivity index (χ3v) is 2.89. The number of epoxide rings is 1. The van der Waals surface area contributed by atoms with E-state index in [-0.39, 0.29) is 5.60 Å². The summed E-state index contributed by atoms with van der Waals surface area (Å²) in [6.07, 6.45) is 6.29. The molecule has 1 saturated carbocycles. The second-order valence-corrected chi connectivity index (χ2v) is 4.19. The van der Waals surface area contributed by atoms with Crippen LogP contribution < -0.4 is 0 Å². The van der Waals surface area contributed by atoms with E-state index in [9.17, 15) is 0 Å². The normalized spacial score (nSPS) is 38.4. The van der Waals surface area contributed by atoms with Gasteiger partial charge in [0.1, 0.15) is 0 Å². The Morgan fingerprint density at radius 1 is 1.20 bits per heavy atom. The van der Waals surface area contributed by atoms with Gasteiger partial charge in [-0.25, -0.2) is 0 Å². The predicted octanol–water partition coefficient (Wildman–Crippen LogP) is 2.35. The van der Waals surface area contributed by atoms with Crippen molar-refractivity contribution in [3.63, 3.8) is 0 Å². The van der Waals surface area contributed by atoms with E-state index in [1.165, 1.54) is 25.7 Å². The highest BCUT2D eigenvalue weighted by atomic mass is 16.6. The van der Waals surface area contributed by atoms with Crippen molar-refractivity contribution in [3.05, 3.63) is 0 Å². The quantitative estimate of drug-likeness (QED) is 0.509. The maximum atomic E-state index is 5.59. The second kappa shape index (κ2) is 1.97. The van der Waals surface area contributed by atoms with Crippen molar-refractivity contribution < 1.29 is 4.74 Å². The summed E-state index contributed by atoms with van der Waals surface area (Å²) in [6.45, 7) is 4.41. The first-order chi connectivity index (χ1) is 4.70. The molecule has 2 rings (SSSR count). The first kappa shape index (κ1) is 6.66. The Morgan fingerprint density at radius 2 is 1.70 bits per heavy atom. The third-order valence-electron chi connectivity index (χ3n) is 2.89. The van der Waals surface area contributed by atoms with Gasteiger partial charge in [0, 0.05) is 0 Å². The summed E-state index contributed by atoms with van der Waals surface area (Å²) in [4.78, 5) is 0. The lowest BCUT2D eigenvalue weighted by molar-refractivity contribution is 0.294. The van der Waals surface area contributed by atoms with Gasteiger partial charge in [0.05, 0.1) is 11.7 Å². The first-order valence-electron chi connectivity index (χ1n) is 4.38. The zero-order valence-electron chi connectivity index (χ0n) is 6.89. The van der Waals surface area contributed by atoms with Crippen molar-refractivity contribution in [2.75, 3.05) is 0 Å². The van der Waals surface area contributed by atoms with Gasteiger partial charge in [0.25, 0.3) is 0 Å². The minimum absolute atomic E-state index is 0.231. The molecular formula is C9H16O. The van der Waals surface area contributed by atoms with Crippen LogP contribution in [0.1, 0.15) is 39.5 Å². The molecule has 0 N–H and O–H groups in total. The third kappa shape index (κ3) is 0.968. The lowest BCUT2D eigenvalue weighted by atomic mass is 9.96. The van der Waals surface area contributed by atoms with Gasteiger partial charge in [-0.15, -0.1) is 0 Å². The predicted molar refractivity (Wildman–Crippen MR) is 40.9 cm³/mol. The van der Waals surface area contributed by atoms with Crippen LogP contribution in [0.5, 0.6) is 0 Å². The van der Waals surface area contributed by atoms with E-state index in [0.717, 1.165) is 5.92 Å². The fraction of sp³-hybridized carbons (Fsp3) is 1.00. The minimum Gasteiger partial charge on any atom is -0.366 e. The number of rotatable bonds is 1. The molecule has 0 spiro atoms. The van der Waals surface area contributed by atoms with Gasteiger partial charge < -0.3 is 4.74 Å². The van der Waals surface area contributed by atoms with Gasteiger partial charge >= 0.3 is 0 Å². The number of ether oxygens (including phenoxy) is 1. The van der Waals surface area contributed by atoms with Crippen molar-refractivity contribution >= 4 is 0 Å². The average Bonchev–Trinajstić information content (AvgIpc) is 2.31. The molecule has 58 valence electrons. The summed E-state index contributed by atoms with van der Waals surface area (Å²) in [5, 5.41) is 0. The second-order valence-electron chi connectivity index (χ2n) is 4.19.